The van der Waals surface area contributed by atoms with Crippen molar-refractivity contribution in [3.8, 4) is 5.75 Å². The molecule has 94 valence electrons. The Morgan fingerprint density at radius 2 is 1.94 bits per heavy atom. The second kappa shape index (κ2) is 5.54. The van der Waals surface area contributed by atoms with Gasteiger partial charge in [-0.3, -0.25) is 0 Å². The van der Waals surface area contributed by atoms with E-state index in [4.69, 9.17) is 10.5 Å². The molecular formula is C15H23NO. The van der Waals surface area contributed by atoms with Gasteiger partial charge in [0.1, 0.15) is 5.75 Å². The fourth-order valence-electron chi connectivity index (χ4n) is 2.77. The Kier molecular flexibility index (Phi) is 4.06. The Labute approximate surface area is 104 Å². The van der Waals surface area contributed by atoms with E-state index in [1.54, 1.807) is 0 Å². The maximum Gasteiger partial charge on any atom is 0.119 e. The minimum atomic E-state index is 0.323. The first kappa shape index (κ1) is 12.4. The lowest BCUT2D eigenvalue weighted by molar-refractivity contribution is 0.305. The summed E-state index contributed by atoms with van der Waals surface area (Å²) in [5.74, 6) is 2.27. The highest BCUT2D eigenvalue weighted by molar-refractivity contribution is 5.30. The molecule has 17 heavy (non-hydrogen) atoms. The van der Waals surface area contributed by atoms with Gasteiger partial charge in [-0.1, -0.05) is 19.1 Å². The van der Waals surface area contributed by atoms with Crippen molar-refractivity contribution in [3.63, 3.8) is 0 Å². The SMILES string of the molecule is CCOc1ccc(C2CC(C)CCC2N)cc1. The van der Waals surface area contributed by atoms with Gasteiger partial charge in [0.05, 0.1) is 6.61 Å². The quantitative estimate of drug-likeness (QED) is 0.869. The van der Waals surface area contributed by atoms with Crippen molar-refractivity contribution in [2.45, 2.75) is 45.1 Å². The van der Waals surface area contributed by atoms with Crippen molar-refractivity contribution in [1.29, 1.82) is 0 Å². The van der Waals surface area contributed by atoms with Gasteiger partial charge >= 0.3 is 0 Å². The Hall–Kier alpha value is -1.02. The van der Waals surface area contributed by atoms with E-state index < -0.39 is 0 Å². The van der Waals surface area contributed by atoms with Crippen molar-refractivity contribution in [1.82, 2.24) is 0 Å². The summed E-state index contributed by atoms with van der Waals surface area (Å²) in [6.07, 6.45) is 3.64. The summed E-state index contributed by atoms with van der Waals surface area (Å²) in [7, 11) is 0. The van der Waals surface area contributed by atoms with E-state index in [0.29, 0.717) is 12.0 Å². The smallest absolute Gasteiger partial charge is 0.119 e. The van der Waals surface area contributed by atoms with Gasteiger partial charge in [-0.05, 0) is 55.7 Å². The average Bonchev–Trinajstić information content (AvgIpc) is 2.34. The van der Waals surface area contributed by atoms with Gasteiger partial charge in [0.15, 0.2) is 0 Å². The molecular weight excluding hydrogens is 210 g/mol. The van der Waals surface area contributed by atoms with E-state index in [1.807, 2.05) is 6.92 Å². The van der Waals surface area contributed by atoms with Gasteiger partial charge in [-0.25, -0.2) is 0 Å². The second-order valence-electron chi connectivity index (χ2n) is 5.19. The maximum atomic E-state index is 6.24. The lowest BCUT2D eigenvalue weighted by Crippen LogP contribution is -2.33. The minimum Gasteiger partial charge on any atom is -0.494 e. The van der Waals surface area contributed by atoms with E-state index in [9.17, 15) is 0 Å². The zero-order chi connectivity index (χ0) is 12.3. The number of nitrogens with two attached hydrogens (primary N) is 1. The van der Waals surface area contributed by atoms with Crippen LogP contribution in [0.3, 0.4) is 0 Å². The molecule has 0 saturated heterocycles. The maximum absolute atomic E-state index is 6.24. The monoisotopic (exact) mass is 233 g/mol. The van der Waals surface area contributed by atoms with E-state index in [-0.39, 0.29) is 0 Å². The lowest BCUT2D eigenvalue weighted by atomic mass is 9.76. The van der Waals surface area contributed by atoms with Crippen molar-refractivity contribution in [2.75, 3.05) is 6.61 Å². The molecule has 0 bridgehead atoms. The van der Waals surface area contributed by atoms with Crippen LogP contribution in [0, 0.1) is 5.92 Å². The highest BCUT2D eigenvalue weighted by Gasteiger charge is 2.26. The van der Waals surface area contributed by atoms with Crippen LogP contribution in [0.1, 0.15) is 44.6 Å². The number of hydrogen-bond donors (Lipinski definition) is 1. The molecule has 2 heteroatoms. The Balaban J connectivity index is 2.10. The molecule has 2 N–H and O–H groups in total. The van der Waals surface area contributed by atoms with Crippen LogP contribution in [0.4, 0.5) is 0 Å². The van der Waals surface area contributed by atoms with Crippen LogP contribution in [-0.4, -0.2) is 12.6 Å². The van der Waals surface area contributed by atoms with Crippen molar-refractivity contribution in [2.24, 2.45) is 11.7 Å². The molecule has 2 nitrogen and oxygen atoms in total. The predicted octanol–water partition coefficient (Wildman–Crippen LogP) is 3.32. The first-order chi connectivity index (χ1) is 8.20. The molecule has 1 fully saturated rings. The Morgan fingerprint density at radius 1 is 1.24 bits per heavy atom. The number of benzene rings is 1. The van der Waals surface area contributed by atoms with Gasteiger partial charge in [-0.2, -0.15) is 0 Å². The standard InChI is InChI=1S/C15H23NO/c1-3-17-13-7-5-12(6-8-13)14-10-11(2)4-9-15(14)16/h5-8,11,14-15H,3-4,9-10,16H2,1-2H3. The molecule has 0 amide bonds. The topological polar surface area (TPSA) is 35.2 Å². The predicted molar refractivity (Wildman–Crippen MR) is 71.3 cm³/mol. The lowest BCUT2D eigenvalue weighted by Gasteiger charge is -2.32. The summed E-state index contributed by atoms with van der Waals surface area (Å²) in [5, 5.41) is 0. The van der Waals surface area contributed by atoms with Crippen molar-refractivity contribution < 1.29 is 4.74 Å². The van der Waals surface area contributed by atoms with Gasteiger partial charge < -0.3 is 10.5 Å². The van der Waals surface area contributed by atoms with Gasteiger partial charge in [0.25, 0.3) is 0 Å². The molecule has 1 saturated carbocycles. The fraction of sp³-hybridized carbons (Fsp3) is 0.600. The normalized spacial score (nSPS) is 29.0. The molecule has 1 aromatic carbocycles. The van der Waals surface area contributed by atoms with Gasteiger partial charge in [0.2, 0.25) is 0 Å². The van der Waals surface area contributed by atoms with Crippen molar-refractivity contribution >= 4 is 0 Å². The number of ether oxygens (including phenoxy) is 1. The van der Waals surface area contributed by atoms with E-state index >= 15 is 0 Å². The Bertz CT molecular complexity index is 346. The highest BCUT2D eigenvalue weighted by Crippen LogP contribution is 2.35. The van der Waals surface area contributed by atoms with Crippen LogP contribution in [0.25, 0.3) is 0 Å². The van der Waals surface area contributed by atoms with Crippen LogP contribution < -0.4 is 10.5 Å². The van der Waals surface area contributed by atoms with E-state index in [2.05, 4.69) is 31.2 Å². The van der Waals surface area contributed by atoms with Crippen LogP contribution in [-0.2, 0) is 0 Å². The third-order valence-corrected chi connectivity index (χ3v) is 3.79. The zero-order valence-electron chi connectivity index (χ0n) is 10.9. The Morgan fingerprint density at radius 3 is 2.59 bits per heavy atom. The summed E-state index contributed by atoms with van der Waals surface area (Å²) in [6, 6.07) is 8.79. The molecule has 0 radical (unpaired) electrons. The van der Waals surface area contributed by atoms with Gasteiger partial charge in [0, 0.05) is 6.04 Å². The third-order valence-electron chi connectivity index (χ3n) is 3.79. The summed E-state index contributed by atoms with van der Waals surface area (Å²) in [4.78, 5) is 0. The zero-order valence-corrected chi connectivity index (χ0v) is 10.9. The first-order valence-electron chi connectivity index (χ1n) is 6.69. The second-order valence-corrected chi connectivity index (χ2v) is 5.19. The highest BCUT2D eigenvalue weighted by atomic mass is 16.5. The average molecular weight is 233 g/mol. The summed E-state index contributed by atoms with van der Waals surface area (Å²) in [6.45, 7) is 5.05. The summed E-state index contributed by atoms with van der Waals surface area (Å²) >= 11 is 0. The molecule has 0 spiro atoms. The summed E-state index contributed by atoms with van der Waals surface area (Å²) in [5.41, 5.74) is 7.61. The van der Waals surface area contributed by atoms with Crippen LogP contribution in [0.15, 0.2) is 24.3 Å². The number of hydrogen-bond acceptors (Lipinski definition) is 2. The molecule has 3 atom stereocenters. The third kappa shape index (κ3) is 3.01. The molecule has 0 heterocycles. The molecule has 3 unspecified atom stereocenters. The minimum absolute atomic E-state index is 0.323. The van der Waals surface area contributed by atoms with Gasteiger partial charge in [-0.15, -0.1) is 0 Å². The van der Waals surface area contributed by atoms with Crippen LogP contribution in [0.5, 0.6) is 5.75 Å². The van der Waals surface area contributed by atoms with E-state index in [1.165, 1.54) is 18.4 Å². The first-order valence-corrected chi connectivity index (χ1v) is 6.69. The fourth-order valence-corrected chi connectivity index (χ4v) is 2.77. The molecule has 1 aliphatic carbocycles. The van der Waals surface area contributed by atoms with Crippen LogP contribution >= 0.6 is 0 Å². The molecule has 2 rings (SSSR count). The molecule has 1 aliphatic rings. The van der Waals surface area contributed by atoms with Crippen molar-refractivity contribution in [3.05, 3.63) is 29.8 Å². The summed E-state index contributed by atoms with van der Waals surface area (Å²) < 4.78 is 5.46. The molecule has 1 aromatic rings. The largest absolute Gasteiger partial charge is 0.494 e. The molecule has 0 aromatic heterocycles. The van der Waals surface area contributed by atoms with Crippen LogP contribution in [0.2, 0.25) is 0 Å². The van der Waals surface area contributed by atoms with E-state index in [0.717, 1.165) is 24.7 Å². The molecule has 0 aliphatic heterocycles. The number of rotatable bonds is 3.